The quantitative estimate of drug-likeness (QED) is 0.785. The highest BCUT2D eigenvalue weighted by Gasteiger charge is 2.34. The molecule has 7 nitrogen and oxygen atoms in total. The molecule has 2 fully saturated rings. The predicted molar refractivity (Wildman–Crippen MR) is 116 cm³/mol. The van der Waals surface area contributed by atoms with Crippen molar-refractivity contribution in [2.24, 2.45) is 13.0 Å². The van der Waals surface area contributed by atoms with Crippen LogP contribution in [-0.4, -0.2) is 46.9 Å². The maximum Gasteiger partial charge on any atom is 0.229 e. The van der Waals surface area contributed by atoms with Crippen LogP contribution < -0.4 is 15.5 Å². The molecule has 0 aliphatic carbocycles. The first-order valence-corrected chi connectivity index (χ1v) is 9.42. The van der Waals surface area contributed by atoms with Crippen molar-refractivity contribution in [3.05, 3.63) is 36.3 Å². The Morgan fingerprint density at radius 1 is 1.14 bits per heavy atom. The number of piperidine rings is 1. The molecular formula is C19H28Cl2N6O. The fraction of sp³-hybridized carbons (Fsp3) is 0.526. The topological polar surface area (TPSA) is 75.1 Å². The zero-order valence-corrected chi connectivity index (χ0v) is 17.6. The van der Waals surface area contributed by atoms with Gasteiger partial charge in [0.1, 0.15) is 5.82 Å². The smallest absolute Gasteiger partial charge is 0.229 e. The number of aryl methyl sites for hydroxylation is 1. The first kappa shape index (κ1) is 22.5. The molecule has 9 heteroatoms. The van der Waals surface area contributed by atoms with E-state index < -0.39 is 0 Å². The van der Waals surface area contributed by atoms with Gasteiger partial charge in [0, 0.05) is 45.3 Å². The van der Waals surface area contributed by atoms with Gasteiger partial charge in [-0.2, -0.15) is 5.10 Å². The molecule has 2 aliphatic heterocycles. The Kier molecular flexibility index (Phi) is 8.10. The van der Waals surface area contributed by atoms with Crippen LogP contribution in [0.1, 0.15) is 30.7 Å². The highest BCUT2D eigenvalue weighted by Crippen LogP contribution is 2.29. The third kappa shape index (κ3) is 4.96. The molecule has 2 aliphatic rings. The molecule has 0 bridgehead atoms. The van der Waals surface area contributed by atoms with Gasteiger partial charge in [0.15, 0.2) is 0 Å². The van der Waals surface area contributed by atoms with Crippen molar-refractivity contribution in [2.45, 2.75) is 25.2 Å². The van der Waals surface area contributed by atoms with Crippen LogP contribution in [0.15, 0.2) is 30.7 Å². The molecular weight excluding hydrogens is 399 g/mol. The Labute approximate surface area is 178 Å². The summed E-state index contributed by atoms with van der Waals surface area (Å²) in [6.45, 7) is 3.62. The summed E-state index contributed by atoms with van der Waals surface area (Å²) in [6, 6.07) is 3.96. The summed E-state index contributed by atoms with van der Waals surface area (Å²) >= 11 is 0. The molecule has 1 amide bonds. The molecule has 2 atom stereocenters. The molecule has 0 radical (unpaired) electrons. The molecule has 0 saturated carbocycles. The molecule has 154 valence electrons. The molecule has 2 saturated heterocycles. The largest absolute Gasteiger partial charge is 0.357 e. The number of carbonyl (C=O) groups is 1. The number of nitrogens with one attached hydrogen (secondary N) is 2. The number of hydrogen-bond donors (Lipinski definition) is 2. The van der Waals surface area contributed by atoms with E-state index in [0.29, 0.717) is 6.54 Å². The number of amides is 1. The summed E-state index contributed by atoms with van der Waals surface area (Å²) in [5.41, 5.74) is 1.86. The van der Waals surface area contributed by atoms with Gasteiger partial charge in [-0.15, -0.1) is 24.8 Å². The Balaban J connectivity index is 0.00000140. The number of nitrogens with zero attached hydrogens (tertiary/aromatic N) is 4. The molecule has 2 aromatic rings. The van der Waals surface area contributed by atoms with E-state index in [4.69, 9.17) is 0 Å². The fourth-order valence-electron chi connectivity index (χ4n) is 3.94. The SMILES string of the molecule is Cl.Cl.Cn1cc([C@H]2CNC[C@@H]2C(=O)Nc2ccc(N3CCCCC3)nc2)cn1. The number of pyridine rings is 1. The summed E-state index contributed by atoms with van der Waals surface area (Å²) < 4.78 is 1.78. The zero-order chi connectivity index (χ0) is 17.9. The van der Waals surface area contributed by atoms with Crippen LogP contribution in [0, 0.1) is 5.92 Å². The van der Waals surface area contributed by atoms with Crippen LogP contribution in [0.4, 0.5) is 11.5 Å². The van der Waals surface area contributed by atoms with Crippen LogP contribution >= 0.6 is 24.8 Å². The van der Waals surface area contributed by atoms with Crippen molar-refractivity contribution < 1.29 is 4.79 Å². The Hall–Kier alpha value is -1.83. The summed E-state index contributed by atoms with van der Waals surface area (Å²) in [6.07, 6.45) is 9.37. The summed E-state index contributed by atoms with van der Waals surface area (Å²) in [5.74, 6) is 1.10. The molecule has 2 aromatic heterocycles. The predicted octanol–water partition coefficient (Wildman–Crippen LogP) is 2.59. The molecule has 28 heavy (non-hydrogen) atoms. The number of carbonyl (C=O) groups excluding carboxylic acids is 1. The molecule has 4 rings (SSSR count). The van der Waals surface area contributed by atoms with Gasteiger partial charge in [0.25, 0.3) is 0 Å². The van der Waals surface area contributed by atoms with Gasteiger partial charge < -0.3 is 15.5 Å². The summed E-state index contributed by atoms with van der Waals surface area (Å²) in [5, 5.41) is 10.6. The van der Waals surface area contributed by atoms with Gasteiger partial charge in [-0.25, -0.2) is 4.98 Å². The van der Waals surface area contributed by atoms with E-state index in [-0.39, 0.29) is 42.6 Å². The van der Waals surface area contributed by atoms with Crippen molar-refractivity contribution in [3.63, 3.8) is 0 Å². The van der Waals surface area contributed by atoms with Crippen LogP contribution in [-0.2, 0) is 11.8 Å². The van der Waals surface area contributed by atoms with Crippen LogP contribution in [0.5, 0.6) is 0 Å². The number of halogens is 2. The average molecular weight is 427 g/mol. The van der Waals surface area contributed by atoms with E-state index in [9.17, 15) is 4.79 Å². The molecule has 2 N–H and O–H groups in total. The maximum absolute atomic E-state index is 12.8. The van der Waals surface area contributed by atoms with Crippen LogP contribution in [0.25, 0.3) is 0 Å². The zero-order valence-electron chi connectivity index (χ0n) is 16.0. The van der Waals surface area contributed by atoms with E-state index in [0.717, 1.165) is 36.7 Å². The lowest BCUT2D eigenvalue weighted by atomic mass is 9.90. The van der Waals surface area contributed by atoms with Crippen molar-refractivity contribution in [1.82, 2.24) is 20.1 Å². The lowest BCUT2D eigenvalue weighted by Gasteiger charge is -2.27. The van der Waals surface area contributed by atoms with Gasteiger partial charge >= 0.3 is 0 Å². The number of aromatic nitrogens is 3. The van der Waals surface area contributed by atoms with Crippen molar-refractivity contribution in [3.8, 4) is 0 Å². The fourth-order valence-corrected chi connectivity index (χ4v) is 3.94. The van der Waals surface area contributed by atoms with Crippen LogP contribution in [0.3, 0.4) is 0 Å². The minimum atomic E-state index is -0.0963. The molecule has 0 spiro atoms. The van der Waals surface area contributed by atoms with E-state index in [1.807, 2.05) is 31.6 Å². The standard InChI is InChI=1S/C19H26N6O.2ClH/c1-24-13-14(9-22-24)16-11-20-12-17(16)19(26)23-15-5-6-18(21-10-15)25-7-3-2-4-8-25;;/h5-6,9-10,13,16-17,20H,2-4,7-8,11-12H2,1H3,(H,23,26);2*1H/t16-,17+;;/m1../s1. The number of rotatable bonds is 4. The average Bonchev–Trinajstić information content (AvgIpc) is 3.32. The van der Waals surface area contributed by atoms with Gasteiger partial charge in [-0.3, -0.25) is 9.48 Å². The Morgan fingerprint density at radius 3 is 2.57 bits per heavy atom. The molecule has 4 heterocycles. The normalized spacial score (nSPS) is 21.5. The highest BCUT2D eigenvalue weighted by molar-refractivity contribution is 5.93. The Morgan fingerprint density at radius 2 is 1.93 bits per heavy atom. The third-order valence-corrected chi connectivity index (χ3v) is 5.40. The third-order valence-electron chi connectivity index (χ3n) is 5.40. The van der Waals surface area contributed by atoms with Crippen molar-refractivity contribution in [2.75, 3.05) is 36.4 Å². The van der Waals surface area contributed by atoms with Crippen LogP contribution in [0.2, 0.25) is 0 Å². The second-order valence-corrected chi connectivity index (χ2v) is 7.26. The monoisotopic (exact) mass is 426 g/mol. The minimum Gasteiger partial charge on any atom is -0.357 e. The lowest BCUT2D eigenvalue weighted by Crippen LogP contribution is -2.30. The maximum atomic E-state index is 12.8. The van der Waals surface area contributed by atoms with Gasteiger partial charge in [0.2, 0.25) is 5.91 Å². The summed E-state index contributed by atoms with van der Waals surface area (Å²) in [4.78, 5) is 19.6. The highest BCUT2D eigenvalue weighted by atomic mass is 35.5. The van der Waals surface area contributed by atoms with E-state index in [2.05, 4.69) is 25.6 Å². The van der Waals surface area contributed by atoms with Gasteiger partial charge in [-0.1, -0.05) is 0 Å². The second kappa shape index (κ2) is 10.1. The van der Waals surface area contributed by atoms with E-state index in [1.165, 1.54) is 19.3 Å². The summed E-state index contributed by atoms with van der Waals surface area (Å²) in [7, 11) is 1.90. The second-order valence-electron chi connectivity index (χ2n) is 7.26. The van der Waals surface area contributed by atoms with Gasteiger partial charge in [-0.05, 0) is 37.0 Å². The number of anilines is 2. The molecule has 0 aromatic carbocycles. The van der Waals surface area contributed by atoms with Crippen molar-refractivity contribution >= 4 is 42.2 Å². The van der Waals surface area contributed by atoms with E-state index in [1.54, 1.807) is 10.9 Å². The van der Waals surface area contributed by atoms with Crippen molar-refractivity contribution in [1.29, 1.82) is 0 Å². The van der Waals surface area contributed by atoms with Gasteiger partial charge in [0.05, 0.1) is 24.0 Å². The first-order valence-electron chi connectivity index (χ1n) is 9.42. The molecule has 0 unspecified atom stereocenters. The first-order chi connectivity index (χ1) is 12.7. The Bertz CT molecular complexity index is 760. The lowest BCUT2D eigenvalue weighted by molar-refractivity contribution is -0.119. The van der Waals surface area contributed by atoms with E-state index >= 15 is 0 Å². The number of hydrogen-bond acceptors (Lipinski definition) is 5. The minimum absolute atomic E-state index is 0.